The Morgan fingerprint density at radius 3 is 2.63 bits per heavy atom. The minimum absolute atomic E-state index is 0.174. The summed E-state index contributed by atoms with van der Waals surface area (Å²) in [7, 11) is 0. The molecule has 0 aromatic carbocycles. The van der Waals surface area contributed by atoms with Crippen molar-refractivity contribution in [2.45, 2.75) is 39.2 Å². The summed E-state index contributed by atoms with van der Waals surface area (Å²) >= 11 is 0. The van der Waals surface area contributed by atoms with Gasteiger partial charge in [-0.15, -0.1) is 0 Å². The van der Waals surface area contributed by atoms with Crippen molar-refractivity contribution in [2.24, 2.45) is 0 Å². The highest BCUT2D eigenvalue weighted by atomic mass is 19.4. The van der Waals surface area contributed by atoms with Crippen LogP contribution in [0.5, 0.6) is 0 Å². The van der Waals surface area contributed by atoms with E-state index < -0.39 is 11.7 Å². The number of furan rings is 1. The molecule has 0 saturated heterocycles. The molecule has 1 aliphatic heterocycles. The number of hydrogen-bond acceptors (Lipinski definition) is 2. The highest BCUT2D eigenvalue weighted by molar-refractivity contribution is 5.81. The second-order valence-electron chi connectivity index (χ2n) is 5.22. The van der Waals surface area contributed by atoms with Gasteiger partial charge in [0.2, 0.25) is 5.71 Å². The summed E-state index contributed by atoms with van der Waals surface area (Å²) in [5.74, 6) is 0. The van der Waals surface area contributed by atoms with E-state index >= 15 is 0 Å². The molecule has 2 aromatic heterocycles. The molecule has 0 radical (unpaired) electrons. The van der Waals surface area contributed by atoms with Gasteiger partial charge in [-0.2, -0.15) is 13.2 Å². The van der Waals surface area contributed by atoms with Gasteiger partial charge in [-0.1, -0.05) is 0 Å². The lowest BCUT2D eigenvalue weighted by Crippen LogP contribution is -2.37. The zero-order valence-corrected chi connectivity index (χ0v) is 10.8. The Labute approximate surface area is 108 Å². The van der Waals surface area contributed by atoms with Gasteiger partial charge in [0.1, 0.15) is 11.8 Å². The molecular weight excluding hydrogens is 257 g/mol. The predicted octanol–water partition coefficient (Wildman–Crippen LogP) is 3.48. The molecule has 6 heteroatoms. The maximum Gasteiger partial charge on any atom is 0.420 e. The molecule has 3 heterocycles. The molecule has 104 valence electrons. The van der Waals surface area contributed by atoms with Crippen molar-refractivity contribution >= 4 is 11.1 Å². The molecule has 0 saturated carbocycles. The zero-order chi connectivity index (χ0) is 13.8. The molecule has 0 unspecified atom stereocenters. The summed E-state index contributed by atoms with van der Waals surface area (Å²) in [5, 5.41) is 0.174. The van der Waals surface area contributed by atoms with Gasteiger partial charge in [0.25, 0.3) is 0 Å². The van der Waals surface area contributed by atoms with E-state index in [1.54, 1.807) is 6.07 Å². The van der Waals surface area contributed by atoms with Crippen molar-refractivity contribution in [3.05, 3.63) is 23.6 Å². The number of alkyl halides is 3. The van der Waals surface area contributed by atoms with Crippen LogP contribution in [-0.4, -0.2) is 22.1 Å². The lowest BCUT2D eigenvalue weighted by molar-refractivity contribution is -0.136. The molecule has 19 heavy (non-hydrogen) atoms. The first-order valence-corrected chi connectivity index (χ1v) is 6.29. The van der Waals surface area contributed by atoms with Crippen LogP contribution in [-0.2, 0) is 19.3 Å². The lowest BCUT2D eigenvalue weighted by Gasteiger charge is -2.31. The summed E-state index contributed by atoms with van der Waals surface area (Å²) in [4.78, 5) is 2.24. The van der Waals surface area contributed by atoms with E-state index in [9.17, 15) is 13.2 Å². The average Bonchev–Trinajstić information content (AvgIpc) is 2.84. The van der Waals surface area contributed by atoms with Gasteiger partial charge in [0, 0.05) is 31.4 Å². The van der Waals surface area contributed by atoms with Crippen LogP contribution < -0.4 is 0 Å². The standard InChI is InChI=1S/C13H15F3N2O/c1-8(2)17-3-4-18-9(6-17)5-10-11(13(14,15)16)7-19-12(10)18/h5,7-8H,3-4,6H2,1-2H3. The summed E-state index contributed by atoms with van der Waals surface area (Å²) in [6.07, 6.45) is -3.55. The van der Waals surface area contributed by atoms with E-state index in [0.29, 0.717) is 24.8 Å². The van der Waals surface area contributed by atoms with Crippen LogP contribution in [0, 0.1) is 0 Å². The Kier molecular flexibility index (Phi) is 2.67. The predicted molar refractivity (Wildman–Crippen MR) is 64.8 cm³/mol. The Morgan fingerprint density at radius 2 is 2.00 bits per heavy atom. The molecule has 0 fully saturated rings. The van der Waals surface area contributed by atoms with Crippen LogP contribution in [0.15, 0.2) is 16.7 Å². The van der Waals surface area contributed by atoms with Crippen LogP contribution in [0.1, 0.15) is 25.1 Å². The number of nitrogens with zero attached hydrogens (tertiary/aromatic N) is 2. The van der Waals surface area contributed by atoms with Crippen LogP contribution >= 0.6 is 0 Å². The van der Waals surface area contributed by atoms with Crippen LogP contribution in [0.3, 0.4) is 0 Å². The Hall–Kier alpha value is -1.43. The first kappa shape index (κ1) is 12.6. The molecule has 3 nitrogen and oxygen atoms in total. The summed E-state index contributed by atoms with van der Waals surface area (Å²) in [5.41, 5.74) is 0.547. The average molecular weight is 272 g/mol. The topological polar surface area (TPSA) is 21.3 Å². The van der Waals surface area contributed by atoms with Crippen molar-refractivity contribution in [3.8, 4) is 0 Å². The number of hydrogen-bond donors (Lipinski definition) is 0. The fourth-order valence-electron chi connectivity index (χ4n) is 2.63. The maximum atomic E-state index is 12.8. The molecule has 0 spiro atoms. The second kappa shape index (κ2) is 4.03. The smallest absolute Gasteiger partial charge is 0.420 e. The van der Waals surface area contributed by atoms with E-state index in [1.165, 1.54) is 0 Å². The number of aromatic nitrogens is 1. The number of halogens is 3. The molecule has 0 atom stereocenters. The van der Waals surface area contributed by atoms with Crippen molar-refractivity contribution in [1.29, 1.82) is 0 Å². The molecule has 0 bridgehead atoms. The fraction of sp³-hybridized carbons (Fsp3) is 0.538. The SMILES string of the molecule is CC(C)N1CCn2c(cc3c(C(F)(F)F)coc32)C1. The fourth-order valence-corrected chi connectivity index (χ4v) is 2.63. The van der Waals surface area contributed by atoms with Crippen LogP contribution in [0.2, 0.25) is 0 Å². The molecule has 1 aliphatic rings. The summed E-state index contributed by atoms with van der Waals surface area (Å²) in [6.45, 7) is 6.34. The van der Waals surface area contributed by atoms with E-state index in [1.807, 2.05) is 4.57 Å². The normalized spacial score (nSPS) is 17.4. The third kappa shape index (κ3) is 1.94. The maximum absolute atomic E-state index is 12.8. The van der Waals surface area contributed by atoms with Gasteiger partial charge in [-0.25, -0.2) is 0 Å². The monoisotopic (exact) mass is 272 g/mol. The third-order valence-corrected chi connectivity index (χ3v) is 3.72. The molecule has 3 rings (SSSR count). The first-order chi connectivity index (χ1) is 8.88. The first-order valence-electron chi connectivity index (χ1n) is 6.29. The largest absolute Gasteiger partial charge is 0.447 e. The second-order valence-corrected chi connectivity index (χ2v) is 5.22. The van der Waals surface area contributed by atoms with E-state index in [2.05, 4.69) is 18.7 Å². The van der Waals surface area contributed by atoms with Gasteiger partial charge in [-0.05, 0) is 19.9 Å². The Morgan fingerprint density at radius 1 is 1.26 bits per heavy atom. The van der Waals surface area contributed by atoms with E-state index in [-0.39, 0.29) is 5.39 Å². The van der Waals surface area contributed by atoms with Gasteiger partial charge < -0.3 is 8.98 Å². The molecular formula is C13H15F3N2O. The zero-order valence-electron chi connectivity index (χ0n) is 10.8. The van der Waals surface area contributed by atoms with Gasteiger partial charge in [-0.3, -0.25) is 4.90 Å². The molecule has 0 aliphatic carbocycles. The highest BCUT2D eigenvalue weighted by Crippen LogP contribution is 2.38. The van der Waals surface area contributed by atoms with Gasteiger partial charge in [0.05, 0.1) is 5.39 Å². The van der Waals surface area contributed by atoms with Crippen LogP contribution in [0.4, 0.5) is 13.2 Å². The molecule has 2 aromatic rings. The summed E-state index contributed by atoms with van der Waals surface area (Å²) < 4.78 is 45.5. The molecule has 0 N–H and O–H groups in total. The number of rotatable bonds is 1. The quantitative estimate of drug-likeness (QED) is 0.792. The Balaban J connectivity index is 2.07. The lowest BCUT2D eigenvalue weighted by atomic mass is 10.2. The van der Waals surface area contributed by atoms with Gasteiger partial charge >= 0.3 is 6.18 Å². The van der Waals surface area contributed by atoms with E-state index in [0.717, 1.165) is 18.5 Å². The summed E-state index contributed by atoms with van der Waals surface area (Å²) in [6, 6.07) is 1.99. The highest BCUT2D eigenvalue weighted by Gasteiger charge is 2.36. The molecule has 0 amide bonds. The third-order valence-electron chi connectivity index (χ3n) is 3.72. The van der Waals surface area contributed by atoms with Crippen molar-refractivity contribution in [1.82, 2.24) is 9.47 Å². The number of fused-ring (bicyclic) bond motifs is 3. The Bertz CT molecular complexity index is 609. The minimum Gasteiger partial charge on any atom is -0.447 e. The minimum atomic E-state index is -4.36. The van der Waals surface area contributed by atoms with Crippen molar-refractivity contribution in [3.63, 3.8) is 0 Å². The van der Waals surface area contributed by atoms with Crippen LogP contribution in [0.25, 0.3) is 11.1 Å². The van der Waals surface area contributed by atoms with Crippen molar-refractivity contribution < 1.29 is 17.6 Å². The van der Waals surface area contributed by atoms with E-state index in [4.69, 9.17) is 4.42 Å². The van der Waals surface area contributed by atoms with Crippen molar-refractivity contribution in [2.75, 3.05) is 6.54 Å². The van der Waals surface area contributed by atoms with Gasteiger partial charge in [0.15, 0.2) is 0 Å².